The van der Waals surface area contributed by atoms with Gasteiger partial charge in [0, 0.05) is 26.6 Å². The molecule has 3 N–H and O–H groups in total. The van der Waals surface area contributed by atoms with Gasteiger partial charge in [0.1, 0.15) is 17.2 Å². The summed E-state index contributed by atoms with van der Waals surface area (Å²) in [6.45, 7) is 5.87. The summed E-state index contributed by atoms with van der Waals surface area (Å²) >= 11 is 0. The van der Waals surface area contributed by atoms with Crippen molar-refractivity contribution in [2.75, 3.05) is 26.7 Å². The molecule has 2 atom stereocenters. The van der Waals surface area contributed by atoms with Gasteiger partial charge in [-0.05, 0) is 31.4 Å². The fourth-order valence-electron chi connectivity index (χ4n) is 4.62. The smallest absolute Gasteiger partial charge is 0.306 e. The number of aromatic nitrogens is 2. The van der Waals surface area contributed by atoms with Crippen molar-refractivity contribution in [2.24, 2.45) is 21.8 Å². The molecule has 3 aliphatic heterocycles. The SMILES string of the molecule is CCc1nn(CCO)c2c1N=C(N1CCC(C(=O)O)CC1)N(C)C2/N=C1/CC(C)C=CN1. The van der Waals surface area contributed by atoms with Crippen LogP contribution >= 0.6 is 0 Å². The molecule has 0 aliphatic carbocycles. The summed E-state index contributed by atoms with van der Waals surface area (Å²) in [4.78, 5) is 25.7. The monoisotopic (exact) mass is 443 g/mol. The fraction of sp³-hybridized carbons (Fsp3) is 0.636. The summed E-state index contributed by atoms with van der Waals surface area (Å²) in [7, 11) is 1.98. The minimum Gasteiger partial charge on any atom is -0.481 e. The van der Waals surface area contributed by atoms with E-state index in [1.54, 1.807) is 0 Å². The van der Waals surface area contributed by atoms with E-state index in [1.807, 2.05) is 24.9 Å². The van der Waals surface area contributed by atoms with Crippen LogP contribution in [-0.2, 0) is 17.8 Å². The van der Waals surface area contributed by atoms with Gasteiger partial charge in [0.2, 0.25) is 5.96 Å². The maximum Gasteiger partial charge on any atom is 0.306 e. The number of aliphatic hydroxyl groups is 1. The number of hydrogen-bond donors (Lipinski definition) is 3. The summed E-state index contributed by atoms with van der Waals surface area (Å²) in [6.07, 6.45) is 6.47. The molecule has 32 heavy (non-hydrogen) atoms. The number of aliphatic hydroxyl groups excluding tert-OH is 1. The molecule has 10 heteroatoms. The molecule has 4 heterocycles. The number of amidine groups is 1. The molecule has 1 aromatic rings. The van der Waals surface area contributed by atoms with E-state index in [4.69, 9.17) is 15.1 Å². The van der Waals surface area contributed by atoms with Crippen molar-refractivity contribution < 1.29 is 15.0 Å². The average Bonchev–Trinajstić information content (AvgIpc) is 3.13. The number of nitrogens with zero attached hydrogens (tertiary/aromatic N) is 6. The highest BCUT2D eigenvalue weighted by Gasteiger charge is 2.37. The van der Waals surface area contributed by atoms with Crippen molar-refractivity contribution in [1.29, 1.82) is 0 Å². The Labute approximate surface area is 188 Å². The zero-order chi connectivity index (χ0) is 22.8. The number of aliphatic carboxylic acids is 1. The molecule has 1 fully saturated rings. The molecular formula is C22H33N7O3. The van der Waals surface area contributed by atoms with Gasteiger partial charge in [0.05, 0.1) is 24.8 Å². The van der Waals surface area contributed by atoms with Crippen LogP contribution in [0.3, 0.4) is 0 Å². The Hall–Kier alpha value is -2.88. The number of aliphatic imine (C=N–C) groups is 2. The number of aryl methyl sites for hydroxylation is 1. The van der Waals surface area contributed by atoms with Crippen molar-refractivity contribution in [2.45, 2.75) is 52.2 Å². The molecule has 10 nitrogen and oxygen atoms in total. The highest BCUT2D eigenvalue weighted by Crippen LogP contribution is 2.39. The molecule has 0 radical (unpaired) electrons. The van der Waals surface area contributed by atoms with E-state index < -0.39 is 5.97 Å². The van der Waals surface area contributed by atoms with Crippen LogP contribution in [0.5, 0.6) is 0 Å². The quantitative estimate of drug-likeness (QED) is 0.634. The minimum atomic E-state index is -0.723. The number of carboxylic acids is 1. The number of guanidine groups is 1. The number of allylic oxidation sites excluding steroid dienone is 1. The maximum absolute atomic E-state index is 11.4. The molecule has 1 saturated heterocycles. The van der Waals surface area contributed by atoms with Crippen molar-refractivity contribution >= 4 is 23.5 Å². The number of carbonyl (C=O) groups is 1. The van der Waals surface area contributed by atoms with Gasteiger partial charge in [-0.2, -0.15) is 5.10 Å². The van der Waals surface area contributed by atoms with Crippen LogP contribution < -0.4 is 5.32 Å². The van der Waals surface area contributed by atoms with E-state index in [-0.39, 0.29) is 18.7 Å². The van der Waals surface area contributed by atoms with Crippen molar-refractivity contribution in [3.8, 4) is 0 Å². The van der Waals surface area contributed by atoms with Crippen LogP contribution in [0.15, 0.2) is 22.3 Å². The third-order valence-corrected chi connectivity index (χ3v) is 6.42. The maximum atomic E-state index is 11.4. The van der Waals surface area contributed by atoms with Crippen LogP contribution in [0.25, 0.3) is 0 Å². The lowest BCUT2D eigenvalue weighted by Gasteiger charge is -2.40. The predicted molar refractivity (Wildman–Crippen MR) is 122 cm³/mol. The van der Waals surface area contributed by atoms with E-state index in [1.165, 1.54) is 0 Å². The second-order valence-electron chi connectivity index (χ2n) is 8.74. The summed E-state index contributed by atoms with van der Waals surface area (Å²) in [5.74, 6) is 1.08. The van der Waals surface area contributed by atoms with E-state index >= 15 is 0 Å². The first kappa shape index (κ1) is 22.3. The molecule has 0 saturated carbocycles. The molecular weight excluding hydrogens is 410 g/mol. The van der Waals surface area contributed by atoms with Crippen LogP contribution in [0, 0.1) is 11.8 Å². The topological polar surface area (TPSA) is 119 Å². The minimum absolute atomic E-state index is 0.0123. The molecule has 0 spiro atoms. The molecule has 4 rings (SSSR count). The number of rotatable bonds is 5. The van der Waals surface area contributed by atoms with Gasteiger partial charge in [-0.3, -0.25) is 9.48 Å². The Morgan fingerprint density at radius 2 is 2.09 bits per heavy atom. The zero-order valence-electron chi connectivity index (χ0n) is 19.0. The van der Waals surface area contributed by atoms with Crippen LogP contribution in [0.1, 0.15) is 50.7 Å². The number of hydrogen-bond acceptors (Lipinski definition) is 7. The zero-order valence-corrected chi connectivity index (χ0v) is 19.0. The standard InChI is InChI=1S/C22H33N7O3/c1-4-16-18-19(29(26-16)11-12-30)20(24-17-13-14(2)5-8-23-17)27(3)22(25-18)28-9-6-15(7-10-28)21(31)32/h5,8,14-15,20,30H,4,6-7,9-13H2,1-3H3,(H,23,24)(H,31,32). The molecule has 1 aromatic heterocycles. The van der Waals surface area contributed by atoms with E-state index in [0.717, 1.165) is 41.7 Å². The first-order chi connectivity index (χ1) is 15.4. The van der Waals surface area contributed by atoms with Crippen LogP contribution in [0.2, 0.25) is 0 Å². The number of fused-ring (bicyclic) bond motifs is 1. The van der Waals surface area contributed by atoms with Gasteiger partial charge < -0.3 is 25.3 Å². The lowest BCUT2D eigenvalue weighted by atomic mass is 9.97. The Kier molecular flexibility index (Phi) is 6.50. The van der Waals surface area contributed by atoms with Gasteiger partial charge in [0.25, 0.3) is 0 Å². The van der Waals surface area contributed by atoms with E-state index in [2.05, 4.69) is 28.1 Å². The van der Waals surface area contributed by atoms with Gasteiger partial charge in [-0.15, -0.1) is 0 Å². The molecule has 174 valence electrons. The molecule has 0 amide bonds. The number of nitrogens with one attached hydrogen (secondary N) is 1. The summed E-state index contributed by atoms with van der Waals surface area (Å²) in [5.41, 5.74) is 2.59. The molecule has 3 aliphatic rings. The third-order valence-electron chi connectivity index (χ3n) is 6.42. The first-order valence-electron chi connectivity index (χ1n) is 11.4. The normalized spacial score (nSPS) is 25.0. The Morgan fingerprint density at radius 1 is 1.34 bits per heavy atom. The van der Waals surface area contributed by atoms with Crippen LogP contribution in [0.4, 0.5) is 5.69 Å². The summed E-state index contributed by atoms with van der Waals surface area (Å²) in [5, 5.41) is 27.0. The Morgan fingerprint density at radius 3 is 2.72 bits per heavy atom. The van der Waals surface area contributed by atoms with Gasteiger partial charge in [-0.1, -0.05) is 19.9 Å². The van der Waals surface area contributed by atoms with E-state index in [9.17, 15) is 15.0 Å². The summed E-state index contributed by atoms with van der Waals surface area (Å²) in [6, 6.07) is 0. The fourth-order valence-corrected chi connectivity index (χ4v) is 4.62. The highest BCUT2D eigenvalue weighted by molar-refractivity contribution is 5.88. The predicted octanol–water partition coefficient (Wildman–Crippen LogP) is 1.71. The Balaban J connectivity index is 1.74. The average molecular weight is 444 g/mol. The highest BCUT2D eigenvalue weighted by atomic mass is 16.4. The van der Waals surface area contributed by atoms with Crippen molar-refractivity contribution in [3.63, 3.8) is 0 Å². The largest absolute Gasteiger partial charge is 0.481 e. The number of carboxylic acid groups (broad SMARTS) is 1. The second kappa shape index (κ2) is 9.32. The second-order valence-corrected chi connectivity index (χ2v) is 8.74. The van der Waals surface area contributed by atoms with E-state index in [0.29, 0.717) is 38.4 Å². The molecule has 0 aromatic carbocycles. The van der Waals surface area contributed by atoms with Gasteiger partial charge in [-0.25, -0.2) is 9.98 Å². The van der Waals surface area contributed by atoms with Crippen LogP contribution in [-0.4, -0.2) is 74.3 Å². The Bertz CT molecular complexity index is 944. The number of likely N-dealkylation sites (tertiary alicyclic amines) is 1. The van der Waals surface area contributed by atoms with Gasteiger partial charge >= 0.3 is 5.97 Å². The van der Waals surface area contributed by atoms with Gasteiger partial charge in [0.15, 0.2) is 6.17 Å². The molecule has 2 unspecified atom stereocenters. The first-order valence-corrected chi connectivity index (χ1v) is 11.4. The lowest BCUT2D eigenvalue weighted by molar-refractivity contribution is -0.143. The third kappa shape index (κ3) is 4.23. The lowest BCUT2D eigenvalue weighted by Crippen LogP contribution is -2.49. The number of piperidine rings is 1. The molecule has 0 bridgehead atoms. The summed E-state index contributed by atoms with van der Waals surface area (Å²) < 4.78 is 1.83. The van der Waals surface area contributed by atoms with Crippen molar-refractivity contribution in [3.05, 3.63) is 23.7 Å². The van der Waals surface area contributed by atoms with Crippen molar-refractivity contribution in [1.82, 2.24) is 24.9 Å².